The fourth-order valence-electron chi connectivity index (χ4n) is 1.85. The van der Waals surface area contributed by atoms with Crippen LogP contribution in [0.15, 0.2) is 11.7 Å². The first-order valence-corrected chi connectivity index (χ1v) is 7.62. The van der Waals surface area contributed by atoms with Crippen LogP contribution >= 0.6 is 24.2 Å². The van der Waals surface area contributed by atoms with Gasteiger partial charge in [-0.1, -0.05) is 11.6 Å². The normalized spacial score (nSPS) is 20.9. The summed E-state index contributed by atoms with van der Waals surface area (Å²) in [5.41, 5.74) is 6.30. The Labute approximate surface area is 135 Å². The number of nitrogens with two attached hydrogens (primary N) is 1. The van der Waals surface area contributed by atoms with E-state index in [9.17, 15) is 0 Å². The number of nitrogens with zero attached hydrogens (tertiary/aromatic N) is 2. The van der Waals surface area contributed by atoms with Gasteiger partial charge in [0.2, 0.25) is 0 Å². The highest BCUT2D eigenvalue weighted by Gasteiger charge is 2.52. The average molecular weight is 328 g/mol. The van der Waals surface area contributed by atoms with Crippen LogP contribution in [-0.4, -0.2) is 34.0 Å². The molecule has 0 bridgehead atoms. The van der Waals surface area contributed by atoms with Crippen molar-refractivity contribution in [2.45, 2.75) is 38.9 Å². The van der Waals surface area contributed by atoms with E-state index in [1.807, 2.05) is 27.7 Å². The third-order valence-electron chi connectivity index (χ3n) is 3.86. The van der Waals surface area contributed by atoms with Crippen molar-refractivity contribution in [2.75, 3.05) is 11.5 Å². The Balaban J connectivity index is 2.33. The molecule has 0 aromatic carbocycles. The summed E-state index contributed by atoms with van der Waals surface area (Å²) in [5, 5.41) is 0.280. The molecule has 0 aliphatic carbocycles. The third-order valence-corrected chi connectivity index (χ3v) is 4.41. The van der Waals surface area contributed by atoms with Crippen LogP contribution < -0.4 is 5.73 Å². The molecule has 1 fully saturated rings. The quantitative estimate of drug-likeness (QED) is 0.660. The first kappa shape index (κ1) is 16.6. The molecule has 8 heteroatoms. The van der Waals surface area contributed by atoms with Gasteiger partial charge in [-0.25, -0.2) is 9.97 Å². The van der Waals surface area contributed by atoms with Crippen molar-refractivity contribution in [2.24, 2.45) is 0 Å². The monoisotopic (exact) mass is 327 g/mol. The Kier molecular flexibility index (Phi) is 4.59. The second kappa shape index (κ2) is 5.80. The maximum Gasteiger partial charge on any atom is 0.491 e. The molecule has 21 heavy (non-hydrogen) atoms. The van der Waals surface area contributed by atoms with E-state index in [0.29, 0.717) is 17.3 Å². The summed E-state index contributed by atoms with van der Waals surface area (Å²) in [6.45, 7) is 7.99. The summed E-state index contributed by atoms with van der Waals surface area (Å²) in [6, 6.07) is 0. The molecule has 1 saturated heterocycles. The van der Waals surface area contributed by atoms with E-state index in [1.54, 1.807) is 6.08 Å². The molecule has 0 atom stereocenters. The molecule has 1 aliphatic heterocycles. The van der Waals surface area contributed by atoms with Crippen molar-refractivity contribution >= 4 is 43.2 Å². The molecule has 0 spiro atoms. The van der Waals surface area contributed by atoms with Crippen molar-refractivity contribution in [1.29, 1.82) is 0 Å². The second-order valence-corrected chi connectivity index (χ2v) is 6.63. The predicted molar refractivity (Wildman–Crippen MR) is 89.4 cm³/mol. The number of halogens is 1. The average Bonchev–Trinajstić information content (AvgIpc) is 2.59. The highest BCUT2D eigenvalue weighted by Crippen LogP contribution is 2.39. The number of nitrogen functional groups attached to an aromatic ring is 1. The molecular formula is C13H19BClN3O2S. The summed E-state index contributed by atoms with van der Waals surface area (Å²) in [4.78, 5) is 8.14. The first-order chi connectivity index (χ1) is 9.66. The molecule has 1 aromatic heterocycles. The van der Waals surface area contributed by atoms with Crippen LogP contribution in [0.25, 0.3) is 6.08 Å². The Hall–Kier alpha value is -0.755. The molecule has 0 saturated carbocycles. The first-order valence-electron chi connectivity index (χ1n) is 6.61. The van der Waals surface area contributed by atoms with Gasteiger partial charge in [-0.15, -0.1) is 0 Å². The van der Waals surface area contributed by atoms with Gasteiger partial charge in [-0.3, -0.25) is 0 Å². The minimum absolute atomic E-state index is 0.280. The van der Waals surface area contributed by atoms with Crippen molar-refractivity contribution in [3.63, 3.8) is 0 Å². The number of hydrogen-bond acceptors (Lipinski definition) is 6. The largest absolute Gasteiger partial charge is 0.491 e. The third kappa shape index (κ3) is 3.36. The minimum Gasteiger partial charge on any atom is -0.400 e. The summed E-state index contributed by atoms with van der Waals surface area (Å²) in [6.07, 6.45) is 3.17. The van der Waals surface area contributed by atoms with E-state index in [4.69, 9.17) is 26.6 Å². The Morgan fingerprint density at radius 3 is 2.48 bits per heavy atom. The molecule has 2 heterocycles. The molecule has 1 aliphatic rings. The second-order valence-electron chi connectivity index (χ2n) is 5.93. The SMILES string of the molecule is CC1(C)OB(C(=Cc2nc(Cl)cnc2N)CS)OC1(C)C. The van der Waals surface area contributed by atoms with E-state index < -0.39 is 18.3 Å². The Morgan fingerprint density at radius 2 is 1.95 bits per heavy atom. The van der Waals surface area contributed by atoms with Gasteiger partial charge in [-0.2, -0.15) is 12.6 Å². The zero-order valence-corrected chi connectivity index (χ0v) is 14.2. The van der Waals surface area contributed by atoms with Crippen molar-refractivity contribution < 1.29 is 9.31 Å². The molecule has 0 radical (unpaired) electrons. The van der Waals surface area contributed by atoms with Crippen LogP contribution in [0.1, 0.15) is 33.4 Å². The van der Waals surface area contributed by atoms with E-state index in [1.165, 1.54) is 6.20 Å². The van der Waals surface area contributed by atoms with Gasteiger partial charge in [0, 0.05) is 5.75 Å². The lowest BCUT2D eigenvalue weighted by molar-refractivity contribution is 0.00578. The van der Waals surface area contributed by atoms with E-state index >= 15 is 0 Å². The maximum absolute atomic E-state index is 6.00. The summed E-state index contributed by atoms with van der Waals surface area (Å²) in [7, 11) is -0.493. The van der Waals surface area contributed by atoms with Crippen LogP contribution in [0, 0.1) is 0 Å². The number of hydrogen-bond donors (Lipinski definition) is 2. The Morgan fingerprint density at radius 1 is 1.38 bits per heavy atom. The molecule has 114 valence electrons. The van der Waals surface area contributed by atoms with Crippen molar-refractivity contribution in [3.8, 4) is 0 Å². The smallest absolute Gasteiger partial charge is 0.400 e. The highest BCUT2D eigenvalue weighted by molar-refractivity contribution is 7.80. The molecule has 0 unspecified atom stereocenters. The van der Waals surface area contributed by atoms with Crippen molar-refractivity contribution in [3.05, 3.63) is 22.5 Å². The van der Waals surface area contributed by atoms with Crippen LogP contribution in [0.3, 0.4) is 0 Å². The molecule has 0 amide bonds. The Bertz CT molecular complexity index is 565. The summed E-state index contributed by atoms with van der Waals surface area (Å²) >= 11 is 10.2. The van der Waals surface area contributed by atoms with Crippen LogP contribution in [0.2, 0.25) is 5.15 Å². The van der Waals surface area contributed by atoms with Crippen molar-refractivity contribution in [1.82, 2.24) is 9.97 Å². The number of aromatic nitrogens is 2. The van der Waals surface area contributed by atoms with Crippen LogP contribution in [0.4, 0.5) is 5.82 Å². The van der Waals surface area contributed by atoms with Gasteiger partial charge in [0.05, 0.1) is 17.4 Å². The van der Waals surface area contributed by atoms with Gasteiger partial charge >= 0.3 is 7.12 Å². The minimum atomic E-state index is -0.493. The zero-order valence-electron chi connectivity index (χ0n) is 12.6. The van der Waals surface area contributed by atoms with E-state index in [2.05, 4.69) is 22.6 Å². The molecule has 1 aromatic rings. The summed E-state index contributed by atoms with van der Waals surface area (Å²) < 4.78 is 12.0. The molecular weight excluding hydrogens is 308 g/mol. The van der Waals surface area contributed by atoms with Crippen LogP contribution in [-0.2, 0) is 9.31 Å². The molecule has 2 N–H and O–H groups in total. The molecule has 2 rings (SSSR count). The van der Waals surface area contributed by atoms with Gasteiger partial charge in [0.15, 0.2) is 0 Å². The lowest BCUT2D eigenvalue weighted by Crippen LogP contribution is -2.41. The van der Waals surface area contributed by atoms with Gasteiger partial charge in [-0.05, 0) is 39.2 Å². The summed E-state index contributed by atoms with van der Waals surface area (Å²) in [5.74, 6) is 0.750. The van der Waals surface area contributed by atoms with Gasteiger partial charge in [0.1, 0.15) is 16.7 Å². The molecule has 5 nitrogen and oxygen atoms in total. The fourth-order valence-corrected chi connectivity index (χ4v) is 2.23. The number of rotatable bonds is 3. The van der Waals surface area contributed by atoms with E-state index in [-0.39, 0.29) is 5.15 Å². The number of anilines is 1. The zero-order chi connectivity index (χ0) is 15.8. The predicted octanol–water partition coefficient (Wildman–Crippen LogP) is 2.66. The lowest BCUT2D eigenvalue weighted by atomic mass is 9.78. The maximum atomic E-state index is 6.00. The highest BCUT2D eigenvalue weighted by atomic mass is 35.5. The van der Waals surface area contributed by atoms with Gasteiger partial charge < -0.3 is 15.0 Å². The number of thiol groups is 1. The standard InChI is InChI=1S/C13H19BClN3O2S/c1-12(2)13(3,4)20-14(19-12)8(7-21)5-9-11(16)17-6-10(15)18-9/h5-6,21H,7H2,1-4H3,(H2,16,17). The topological polar surface area (TPSA) is 70.3 Å². The van der Waals surface area contributed by atoms with Gasteiger partial charge in [0.25, 0.3) is 0 Å². The fraction of sp³-hybridized carbons (Fsp3) is 0.538. The lowest BCUT2D eigenvalue weighted by Gasteiger charge is -2.32. The van der Waals surface area contributed by atoms with E-state index in [0.717, 1.165) is 5.47 Å². The van der Waals surface area contributed by atoms with Crippen LogP contribution in [0.5, 0.6) is 0 Å².